The van der Waals surface area contributed by atoms with Crippen LogP contribution in [0.2, 0.25) is 0 Å². The normalized spacial score (nSPS) is 16.0. The molecule has 0 bridgehead atoms. The van der Waals surface area contributed by atoms with Crippen molar-refractivity contribution >= 4 is 299 Å². The third kappa shape index (κ3) is 7.97. The zero-order valence-corrected chi connectivity index (χ0v) is 39.2. The van der Waals surface area contributed by atoms with Crippen molar-refractivity contribution in [2.75, 3.05) is 0 Å². The summed E-state index contributed by atoms with van der Waals surface area (Å²) in [4.78, 5) is 11.7. The fourth-order valence-corrected chi connectivity index (χ4v) is 18.6. The third-order valence-electron chi connectivity index (χ3n) is 2.70. The molecule has 0 amide bonds. The molecule has 17 heteroatoms. The highest BCUT2D eigenvalue weighted by atomic mass is 127. The molecule has 26 heavy (non-hydrogen) atoms. The summed E-state index contributed by atoms with van der Waals surface area (Å²) in [6.45, 7) is 0. The van der Waals surface area contributed by atoms with Gasteiger partial charge in [0.25, 0.3) is 0 Å². The van der Waals surface area contributed by atoms with Gasteiger partial charge < -0.3 is 0 Å². The minimum Gasteiger partial charge on any atom is -0.290 e. The van der Waals surface area contributed by atoms with Crippen molar-refractivity contribution in [3.8, 4) is 0 Å². The lowest BCUT2D eigenvalue weighted by atomic mass is 10.1. The van der Waals surface area contributed by atoms with E-state index < -0.39 is 22.7 Å². The van der Waals surface area contributed by atoms with Crippen molar-refractivity contribution < 1.29 is 18.0 Å². The number of Topliss-reactive ketones (excluding diaryl/α,β-unsaturated/α-hetero) is 1. The van der Waals surface area contributed by atoms with E-state index in [1.807, 2.05) is 45.2 Å². The molecule has 0 rings (SSSR count). The van der Waals surface area contributed by atoms with Gasteiger partial charge in [0.05, 0.1) is 0 Å². The van der Waals surface area contributed by atoms with Crippen molar-refractivity contribution in [1.82, 2.24) is 0 Å². The fraction of sp³-hybridized carbons (Fsp3) is 0.889. The Morgan fingerprint density at radius 1 is 0.577 bits per heavy atom. The molecular weight excluding hydrogens is 1830 g/mol. The number of rotatable bonds is 7. The summed E-state index contributed by atoms with van der Waals surface area (Å²) in [7, 11) is 0. The highest BCUT2D eigenvalue weighted by Crippen LogP contribution is 2.76. The largest absolute Gasteiger partial charge is 0.450 e. The summed E-state index contributed by atoms with van der Waals surface area (Å²) < 4.78 is 35.7. The summed E-state index contributed by atoms with van der Waals surface area (Å²) in [5.74, 6) is -1.68. The maximum absolute atomic E-state index is 12.9. The Bertz CT molecular complexity index is 548. The van der Waals surface area contributed by atoms with Crippen LogP contribution in [0.3, 0.4) is 0 Å². The molecule has 0 atom stereocenters. The molecule has 0 aliphatic rings. The van der Waals surface area contributed by atoms with E-state index in [4.69, 9.17) is 0 Å². The molecular formula is C9H2F3I13O. The number of alkyl halides is 16. The minimum atomic E-state index is -4.81. The van der Waals surface area contributed by atoms with E-state index in [0.717, 1.165) is 0 Å². The summed E-state index contributed by atoms with van der Waals surface area (Å²) in [5.41, 5.74) is 0. The monoisotopic (exact) mass is 1830 g/mol. The van der Waals surface area contributed by atoms with Crippen molar-refractivity contribution in [2.24, 2.45) is 0 Å². The first-order chi connectivity index (χ1) is 10.9. The second kappa shape index (κ2) is 12.2. The van der Waals surface area contributed by atoms with E-state index in [2.05, 4.69) is 248 Å². The average Bonchev–Trinajstić information content (AvgIpc) is 2.34. The smallest absolute Gasteiger partial charge is 0.290 e. The first-order valence-electron chi connectivity index (χ1n) is 5.43. The van der Waals surface area contributed by atoms with Crippen LogP contribution in [-0.4, -0.2) is 18.5 Å². The van der Waals surface area contributed by atoms with E-state index in [-0.39, 0.29) is 2.29 Å². The van der Waals surface area contributed by atoms with Crippen LogP contribution in [0, 0.1) is 0 Å². The quantitative estimate of drug-likeness (QED) is 0.183. The highest BCUT2D eigenvalue weighted by Gasteiger charge is 2.72. The van der Waals surface area contributed by atoms with Gasteiger partial charge in [-0.15, -0.1) is 0 Å². The minimum absolute atomic E-state index is 0.143. The van der Waals surface area contributed by atoms with Crippen LogP contribution in [0.1, 0.15) is 6.42 Å². The molecule has 0 aliphatic carbocycles. The molecule has 0 N–H and O–H groups in total. The molecule has 1 nitrogen and oxygen atoms in total. The van der Waals surface area contributed by atoms with Crippen LogP contribution in [0.5, 0.6) is 0 Å². The number of carbonyl (C=O) groups excluding carboxylic acids is 1. The molecule has 0 aliphatic heterocycles. The Balaban J connectivity index is 6.21. The van der Waals surface area contributed by atoms with Gasteiger partial charge in [0.15, 0.2) is 0 Å². The molecule has 0 heterocycles. The predicted molar refractivity (Wildman–Crippen MR) is 214 cm³/mol. The van der Waals surface area contributed by atoms with Crippen LogP contribution in [-0.2, 0) is 4.79 Å². The number of hydrogen-bond donors (Lipinski definition) is 0. The molecule has 0 saturated carbocycles. The van der Waals surface area contributed by atoms with Crippen LogP contribution in [0.15, 0.2) is 0 Å². The van der Waals surface area contributed by atoms with Gasteiger partial charge in [0, 0.05) is 6.42 Å². The number of halogens is 16. The average molecular weight is 1830 g/mol. The SMILES string of the molecule is O=C(CC(I)(I)C(I)(I)C(I)(I)C(I)(I)C(I)(I)C(I)(I)I)C(F)(F)F. The number of hydrogen-bond acceptors (Lipinski definition) is 1. The van der Waals surface area contributed by atoms with Gasteiger partial charge in [-0.25, -0.2) is 0 Å². The standard InChI is InChI=1S/C9H2F3I13O/c10-4(11,12)2(26)1-3(13,14)5(15,16)6(17,18)7(19,20)8(21,22)9(23,24)25/h1H2. The van der Waals surface area contributed by atoms with Crippen molar-refractivity contribution in [3.05, 3.63) is 0 Å². The van der Waals surface area contributed by atoms with Gasteiger partial charge in [0.1, 0.15) is 6.58 Å². The van der Waals surface area contributed by atoms with Crippen LogP contribution in [0.25, 0.3) is 0 Å². The van der Waals surface area contributed by atoms with Gasteiger partial charge in [-0.1, -0.05) is 294 Å². The second-order valence-corrected chi connectivity index (χ2v) is 42.6. The first-order valence-corrected chi connectivity index (χ1v) is 19.5. The number of carbonyl (C=O) groups is 1. The maximum Gasteiger partial charge on any atom is 0.450 e. The molecule has 156 valence electrons. The van der Waals surface area contributed by atoms with Crippen LogP contribution in [0.4, 0.5) is 13.2 Å². The summed E-state index contributed by atoms with van der Waals surface area (Å²) in [6.07, 6.45) is -5.38. The number of ketones is 1. The van der Waals surface area contributed by atoms with Crippen LogP contribution >= 0.6 is 294 Å². The van der Waals surface area contributed by atoms with E-state index in [1.165, 1.54) is 0 Å². The maximum atomic E-state index is 12.9. The summed E-state index contributed by atoms with van der Waals surface area (Å²) in [5, 5.41) is 0. The topological polar surface area (TPSA) is 17.1 Å². The van der Waals surface area contributed by atoms with Crippen molar-refractivity contribution in [2.45, 2.75) is 19.2 Å². The van der Waals surface area contributed by atoms with E-state index in [1.54, 1.807) is 0 Å². The molecule has 0 aromatic rings. The lowest BCUT2D eigenvalue weighted by molar-refractivity contribution is -0.171. The molecule has 0 saturated heterocycles. The van der Waals surface area contributed by atoms with E-state index in [0.29, 0.717) is 0 Å². The Hall–Kier alpha value is 8.95. The Kier molecular flexibility index (Phi) is 16.4. The summed E-state index contributed by atoms with van der Waals surface area (Å²) in [6, 6.07) is 0. The molecule has 0 radical (unpaired) electrons. The molecule has 0 aromatic heterocycles. The van der Waals surface area contributed by atoms with Gasteiger partial charge in [-0.05, 0) is 0 Å². The van der Waals surface area contributed by atoms with Crippen LogP contribution < -0.4 is 0 Å². The summed E-state index contributed by atoms with van der Waals surface area (Å²) >= 11 is 30.1. The second-order valence-electron chi connectivity index (χ2n) is 4.60. The van der Waals surface area contributed by atoms with Crippen molar-refractivity contribution in [1.29, 1.82) is 0 Å². The zero-order chi connectivity index (χ0) is 21.8. The molecule has 0 fully saturated rings. The van der Waals surface area contributed by atoms with Gasteiger partial charge in [-0.3, -0.25) is 4.79 Å². The Morgan fingerprint density at radius 3 is 1.15 bits per heavy atom. The molecule has 0 aromatic carbocycles. The Labute approximate surface area is 327 Å². The third-order valence-corrected chi connectivity index (χ3v) is 43.4. The molecule has 0 spiro atoms. The lowest BCUT2D eigenvalue weighted by Gasteiger charge is -2.54. The Morgan fingerprint density at radius 2 is 0.885 bits per heavy atom. The van der Waals surface area contributed by atoms with Gasteiger partial charge in [0.2, 0.25) is 5.78 Å². The van der Waals surface area contributed by atoms with Crippen molar-refractivity contribution in [3.63, 3.8) is 0 Å². The first kappa shape index (κ1) is 35.0. The zero-order valence-electron chi connectivity index (χ0n) is 11.2. The van der Waals surface area contributed by atoms with E-state index >= 15 is 0 Å². The lowest BCUT2D eigenvalue weighted by Crippen LogP contribution is -2.63. The van der Waals surface area contributed by atoms with E-state index in [9.17, 15) is 18.0 Å². The van der Waals surface area contributed by atoms with Gasteiger partial charge in [-0.2, -0.15) is 13.2 Å². The predicted octanol–water partition coefficient (Wildman–Crippen LogP) is 11.3. The highest BCUT2D eigenvalue weighted by molar-refractivity contribution is 14.3. The molecule has 0 unspecified atom stereocenters. The van der Waals surface area contributed by atoms with Gasteiger partial charge >= 0.3 is 6.18 Å². The fourth-order valence-electron chi connectivity index (χ4n) is 1.21.